The number of carbonyl (C=O) groups excluding carboxylic acids is 2. The molecule has 1 aromatic heterocycles. The Balaban J connectivity index is 1.75. The minimum absolute atomic E-state index is 0.0399. The lowest BCUT2D eigenvalue weighted by Gasteiger charge is -2.33. The average Bonchev–Trinajstić information content (AvgIpc) is 3.16. The minimum atomic E-state index is -0.718. The van der Waals surface area contributed by atoms with E-state index in [1.807, 2.05) is 31.2 Å². The number of H-pyrrole nitrogens is 1. The van der Waals surface area contributed by atoms with Gasteiger partial charge in [0.15, 0.2) is 0 Å². The molecule has 1 aromatic carbocycles. The number of rotatable bonds is 3. The van der Waals surface area contributed by atoms with Crippen LogP contribution in [0.1, 0.15) is 42.2 Å². The first kappa shape index (κ1) is 16.5. The van der Waals surface area contributed by atoms with Gasteiger partial charge in [-0.05, 0) is 30.5 Å². The van der Waals surface area contributed by atoms with Crippen LogP contribution in [0, 0.1) is 0 Å². The first-order valence-electron chi connectivity index (χ1n) is 8.85. The van der Waals surface area contributed by atoms with Crippen LogP contribution >= 0.6 is 0 Å². The molecular weight excluding hydrogens is 332 g/mol. The lowest BCUT2D eigenvalue weighted by molar-refractivity contribution is -0.121. The first-order chi connectivity index (χ1) is 12.6. The molecule has 0 bridgehead atoms. The quantitative estimate of drug-likeness (QED) is 0.878. The fourth-order valence-electron chi connectivity index (χ4n) is 4.33. The van der Waals surface area contributed by atoms with Crippen molar-refractivity contribution in [3.8, 4) is 0 Å². The lowest BCUT2D eigenvalue weighted by Crippen LogP contribution is -2.49. The molecule has 2 aliphatic heterocycles. The molecule has 26 heavy (non-hydrogen) atoms. The van der Waals surface area contributed by atoms with E-state index in [1.165, 1.54) is 12.1 Å². The van der Waals surface area contributed by atoms with Gasteiger partial charge >= 0.3 is 0 Å². The second-order valence-corrected chi connectivity index (χ2v) is 6.83. The van der Waals surface area contributed by atoms with Gasteiger partial charge in [-0.2, -0.15) is 5.10 Å². The van der Waals surface area contributed by atoms with Crippen LogP contribution in [0.25, 0.3) is 0 Å². The predicted molar refractivity (Wildman–Crippen MR) is 96.0 cm³/mol. The van der Waals surface area contributed by atoms with Gasteiger partial charge in [0, 0.05) is 18.3 Å². The third-order valence-corrected chi connectivity index (χ3v) is 5.47. The van der Waals surface area contributed by atoms with Crippen LogP contribution in [-0.2, 0) is 10.2 Å². The molecule has 2 atom stereocenters. The standard InChI is InChI=1S/C19H20N4O3/c1-2-5-15-19(12-6-3-4-7-13(12)20-18(19)26)10-11-23(15)17(25)14-8-9-16(24)22-21-14/h3-4,6-9,15H,2,5,10-11H2,1H3,(H,20,26)(H,22,24)/t15-,19+/m0/s1. The van der Waals surface area contributed by atoms with Gasteiger partial charge in [0.25, 0.3) is 11.5 Å². The summed E-state index contributed by atoms with van der Waals surface area (Å²) in [6, 6.07) is 10.2. The number of aromatic nitrogens is 2. The van der Waals surface area contributed by atoms with Crippen molar-refractivity contribution in [2.75, 3.05) is 11.9 Å². The van der Waals surface area contributed by atoms with Gasteiger partial charge in [0.05, 0.1) is 11.5 Å². The summed E-state index contributed by atoms with van der Waals surface area (Å²) in [4.78, 5) is 39.0. The van der Waals surface area contributed by atoms with Crippen molar-refractivity contribution in [2.24, 2.45) is 0 Å². The van der Waals surface area contributed by atoms with Gasteiger partial charge in [0.2, 0.25) is 5.91 Å². The van der Waals surface area contributed by atoms with Crippen LogP contribution in [0.3, 0.4) is 0 Å². The summed E-state index contributed by atoms with van der Waals surface area (Å²) in [5, 5.41) is 9.16. The Bertz CT molecular complexity index is 918. The Morgan fingerprint density at radius 2 is 2.08 bits per heavy atom. The van der Waals surface area contributed by atoms with E-state index in [0.717, 1.165) is 24.1 Å². The number of hydrogen-bond acceptors (Lipinski definition) is 4. The first-order valence-corrected chi connectivity index (χ1v) is 8.85. The van der Waals surface area contributed by atoms with Crippen molar-refractivity contribution >= 4 is 17.5 Å². The molecule has 3 heterocycles. The molecule has 7 nitrogen and oxygen atoms in total. The minimum Gasteiger partial charge on any atom is -0.333 e. The highest BCUT2D eigenvalue weighted by Crippen LogP contribution is 2.49. The topological polar surface area (TPSA) is 95.2 Å². The highest BCUT2D eigenvalue weighted by atomic mass is 16.2. The van der Waals surface area contributed by atoms with Gasteiger partial charge < -0.3 is 10.2 Å². The maximum Gasteiger partial charge on any atom is 0.274 e. The van der Waals surface area contributed by atoms with E-state index in [1.54, 1.807) is 4.90 Å². The Kier molecular flexibility index (Phi) is 3.86. The Morgan fingerprint density at radius 1 is 1.27 bits per heavy atom. The second-order valence-electron chi connectivity index (χ2n) is 6.83. The SMILES string of the molecule is CCC[C@@H]1N(C(=O)c2ccc(=O)[nH]n2)CC[C@]12C(=O)Nc1ccccc12. The van der Waals surface area contributed by atoms with Crippen LogP contribution in [-0.4, -0.2) is 39.5 Å². The van der Waals surface area contributed by atoms with Crippen LogP contribution in [0.15, 0.2) is 41.2 Å². The summed E-state index contributed by atoms with van der Waals surface area (Å²) in [5.41, 5.74) is 0.913. The number of anilines is 1. The van der Waals surface area contributed by atoms with E-state index in [4.69, 9.17) is 0 Å². The Morgan fingerprint density at radius 3 is 2.81 bits per heavy atom. The van der Waals surface area contributed by atoms with E-state index in [0.29, 0.717) is 13.0 Å². The highest BCUT2D eigenvalue weighted by molar-refractivity contribution is 6.08. The van der Waals surface area contributed by atoms with Crippen molar-refractivity contribution in [1.82, 2.24) is 15.1 Å². The molecule has 7 heteroatoms. The molecule has 1 spiro atoms. The maximum absolute atomic E-state index is 13.0. The maximum atomic E-state index is 13.0. The smallest absolute Gasteiger partial charge is 0.274 e. The zero-order chi connectivity index (χ0) is 18.3. The summed E-state index contributed by atoms with van der Waals surface area (Å²) in [6.45, 7) is 2.53. The summed E-state index contributed by atoms with van der Waals surface area (Å²) in [5.74, 6) is -0.296. The number of para-hydroxylation sites is 1. The zero-order valence-corrected chi connectivity index (χ0v) is 14.5. The zero-order valence-electron chi connectivity index (χ0n) is 14.5. The van der Waals surface area contributed by atoms with Crippen molar-refractivity contribution in [3.63, 3.8) is 0 Å². The number of amides is 2. The van der Waals surface area contributed by atoms with Gasteiger partial charge in [-0.1, -0.05) is 31.5 Å². The highest BCUT2D eigenvalue weighted by Gasteiger charge is 2.58. The number of aromatic amines is 1. The fourth-order valence-corrected chi connectivity index (χ4v) is 4.33. The molecule has 2 N–H and O–H groups in total. The van der Waals surface area contributed by atoms with Gasteiger partial charge in [-0.3, -0.25) is 14.4 Å². The van der Waals surface area contributed by atoms with E-state index >= 15 is 0 Å². The Labute approximate surface area is 150 Å². The molecule has 2 aliphatic rings. The van der Waals surface area contributed by atoms with Crippen molar-refractivity contribution in [3.05, 3.63) is 58.0 Å². The molecule has 1 fully saturated rings. The molecule has 4 rings (SSSR count). The predicted octanol–water partition coefficient (Wildman–Crippen LogP) is 1.67. The molecule has 134 valence electrons. The number of fused-ring (bicyclic) bond motifs is 2. The summed E-state index contributed by atoms with van der Waals surface area (Å²) in [7, 11) is 0. The number of nitrogens with zero attached hydrogens (tertiary/aromatic N) is 2. The molecule has 2 aromatic rings. The molecule has 1 saturated heterocycles. The van der Waals surface area contributed by atoms with Crippen molar-refractivity contribution < 1.29 is 9.59 Å². The normalized spacial score (nSPS) is 24.0. The van der Waals surface area contributed by atoms with E-state index < -0.39 is 5.41 Å². The third-order valence-electron chi connectivity index (χ3n) is 5.47. The van der Waals surface area contributed by atoms with Crippen LogP contribution < -0.4 is 10.9 Å². The number of benzene rings is 1. The summed E-state index contributed by atoms with van der Waals surface area (Å²) >= 11 is 0. The fraction of sp³-hybridized carbons (Fsp3) is 0.368. The average molecular weight is 352 g/mol. The number of carbonyl (C=O) groups is 2. The van der Waals surface area contributed by atoms with Gasteiger partial charge in [-0.25, -0.2) is 5.10 Å². The van der Waals surface area contributed by atoms with Gasteiger partial charge in [-0.15, -0.1) is 0 Å². The van der Waals surface area contributed by atoms with E-state index in [-0.39, 0.29) is 29.1 Å². The largest absolute Gasteiger partial charge is 0.333 e. The number of hydrogen-bond donors (Lipinski definition) is 2. The van der Waals surface area contributed by atoms with E-state index in [9.17, 15) is 14.4 Å². The Hall–Kier alpha value is -2.96. The summed E-state index contributed by atoms with van der Waals surface area (Å²) in [6.07, 6.45) is 2.15. The van der Waals surface area contributed by atoms with Crippen molar-refractivity contribution in [2.45, 2.75) is 37.6 Å². The van der Waals surface area contributed by atoms with Crippen LogP contribution in [0.5, 0.6) is 0 Å². The third kappa shape index (κ3) is 2.27. The van der Waals surface area contributed by atoms with Crippen LogP contribution in [0.2, 0.25) is 0 Å². The monoisotopic (exact) mass is 352 g/mol. The number of nitrogens with one attached hydrogen (secondary N) is 2. The van der Waals surface area contributed by atoms with Crippen LogP contribution in [0.4, 0.5) is 5.69 Å². The number of likely N-dealkylation sites (tertiary alicyclic amines) is 1. The van der Waals surface area contributed by atoms with Gasteiger partial charge in [0.1, 0.15) is 5.69 Å². The van der Waals surface area contributed by atoms with Crippen molar-refractivity contribution in [1.29, 1.82) is 0 Å². The molecule has 0 unspecified atom stereocenters. The second kappa shape index (κ2) is 6.09. The molecule has 0 aliphatic carbocycles. The summed E-state index contributed by atoms with van der Waals surface area (Å²) < 4.78 is 0. The molecule has 0 saturated carbocycles. The molecule has 2 amide bonds. The lowest BCUT2D eigenvalue weighted by atomic mass is 9.73. The molecule has 0 radical (unpaired) electrons. The molecular formula is C19H20N4O3. The van der Waals surface area contributed by atoms with E-state index in [2.05, 4.69) is 15.5 Å².